The molecule has 8 heteroatoms. The van der Waals surface area contributed by atoms with Crippen molar-refractivity contribution in [2.75, 3.05) is 24.3 Å². The van der Waals surface area contributed by atoms with Crippen molar-refractivity contribution in [1.29, 1.82) is 0 Å². The maximum Gasteiger partial charge on any atom is 0.234 e. The molecule has 140 valence electrons. The summed E-state index contributed by atoms with van der Waals surface area (Å²) in [5.74, 6) is 1.68. The summed E-state index contributed by atoms with van der Waals surface area (Å²) in [7, 11) is 0. The summed E-state index contributed by atoms with van der Waals surface area (Å²) in [6.45, 7) is 5.22. The molecule has 1 amide bonds. The SMILES string of the molecule is CC(C)n1ncc2cc(NC(=O)CSc3ccc4c(c3)OCCO4)cnc21. The van der Waals surface area contributed by atoms with E-state index in [2.05, 4.69) is 29.2 Å². The number of fused-ring (bicyclic) bond motifs is 2. The lowest BCUT2D eigenvalue weighted by atomic mass is 10.3. The van der Waals surface area contributed by atoms with Crippen LogP contribution in [0.3, 0.4) is 0 Å². The number of thioether (sulfide) groups is 1. The largest absolute Gasteiger partial charge is 0.486 e. The Morgan fingerprint density at radius 2 is 2.04 bits per heavy atom. The number of aromatic nitrogens is 3. The highest BCUT2D eigenvalue weighted by Gasteiger charge is 2.13. The number of carbonyl (C=O) groups excluding carboxylic acids is 1. The molecular formula is C19H20N4O3S. The fraction of sp³-hybridized carbons (Fsp3) is 0.316. The third-order valence-electron chi connectivity index (χ3n) is 4.09. The van der Waals surface area contributed by atoms with Crippen molar-refractivity contribution in [2.45, 2.75) is 24.8 Å². The number of ether oxygens (including phenoxy) is 2. The lowest BCUT2D eigenvalue weighted by Crippen LogP contribution is -2.15. The number of hydrogen-bond acceptors (Lipinski definition) is 6. The van der Waals surface area contributed by atoms with Crippen molar-refractivity contribution in [2.24, 2.45) is 0 Å². The first-order valence-corrected chi connectivity index (χ1v) is 9.74. The van der Waals surface area contributed by atoms with E-state index < -0.39 is 0 Å². The normalized spacial score (nSPS) is 13.1. The average molecular weight is 384 g/mol. The van der Waals surface area contributed by atoms with Gasteiger partial charge in [-0.1, -0.05) is 0 Å². The monoisotopic (exact) mass is 384 g/mol. The molecule has 1 N–H and O–H groups in total. The fourth-order valence-electron chi connectivity index (χ4n) is 2.85. The van der Waals surface area contributed by atoms with Crippen LogP contribution in [0.1, 0.15) is 19.9 Å². The second-order valence-electron chi connectivity index (χ2n) is 6.46. The van der Waals surface area contributed by atoms with Crippen LogP contribution in [0.5, 0.6) is 11.5 Å². The number of rotatable bonds is 5. The highest BCUT2D eigenvalue weighted by molar-refractivity contribution is 8.00. The molecule has 0 unspecified atom stereocenters. The first-order valence-electron chi connectivity index (χ1n) is 8.76. The molecule has 0 fully saturated rings. The quantitative estimate of drug-likeness (QED) is 0.678. The summed E-state index contributed by atoms with van der Waals surface area (Å²) in [4.78, 5) is 17.7. The average Bonchev–Trinajstić information content (AvgIpc) is 3.10. The van der Waals surface area contributed by atoms with E-state index in [1.54, 1.807) is 12.4 Å². The standard InChI is InChI=1S/C19H20N4O3S/c1-12(2)23-19-13(9-21-23)7-14(10-20-19)22-18(24)11-27-15-3-4-16-17(8-15)26-6-5-25-16/h3-4,7-10,12H,5-6,11H2,1-2H3,(H,22,24). The van der Waals surface area contributed by atoms with E-state index in [0.717, 1.165) is 27.4 Å². The van der Waals surface area contributed by atoms with E-state index in [1.807, 2.05) is 28.9 Å². The lowest BCUT2D eigenvalue weighted by molar-refractivity contribution is -0.113. The Labute approximate surface area is 161 Å². The zero-order valence-corrected chi connectivity index (χ0v) is 16.0. The molecule has 4 rings (SSSR count). The zero-order valence-electron chi connectivity index (χ0n) is 15.1. The summed E-state index contributed by atoms with van der Waals surface area (Å²) in [5, 5.41) is 8.14. The minimum Gasteiger partial charge on any atom is -0.486 e. The Balaban J connectivity index is 1.38. The van der Waals surface area contributed by atoms with Crippen molar-refractivity contribution >= 4 is 34.4 Å². The van der Waals surface area contributed by atoms with Gasteiger partial charge in [-0.05, 0) is 38.1 Å². The van der Waals surface area contributed by atoms with Crippen LogP contribution in [0.4, 0.5) is 5.69 Å². The first kappa shape index (κ1) is 17.7. The number of hydrogen-bond donors (Lipinski definition) is 1. The van der Waals surface area contributed by atoms with E-state index >= 15 is 0 Å². The molecule has 0 bridgehead atoms. The second-order valence-corrected chi connectivity index (χ2v) is 7.51. The van der Waals surface area contributed by atoms with E-state index in [4.69, 9.17) is 9.47 Å². The van der Waals surface area contributed by atoms with Crippen LogP contribution in [-0.4, -0.2) is 39.6 Å². The van der Waals surface area contributed by atoms with Gasteiger partial charge in [0.15, 0.2) is 17.1 Å². The van der Waals surface area contributed by atoms with Crippen molar-refractivity contribution < 1.29 is 14.3 Å². The third-order valence-corrected chi connectivity index (χ3v) is 5.08. The van der Waals surface area contributed by atoms with Gasteiger partial charge in [0.25, 0.3) is 0 Å². The van der Waals surface area contributed by atoms with Crippen LogP contribution >= 0.6 is 11.8 Å². The van der Waals surface area contributed by atoms with Crippen LogP contribution in [0.25, 0.3) is 11.0 Å². The minimum absolute atomic E-state index is 0.0905. The molecule has 7 nitrogen and oxygen atoms in total. The minimum atomic E-state index is -0.0905. The number of nitrogens with zero attached hydrogens (tertiary/aromatic N) is 3. The Morgan fingerprint density at radius 1 is 1.22 bits per heavy atom. The molecule has 0 spiro atoms. The molecule has 0 saturated heterocycles. The lowest BCUT2D eigenvalue weighted by Gasteiger charge is -2.18. The van der Waals surface area contributed by atoms with Gasteiger partial charge in [0.1, 0.15) is 13.2 Å². The van der Waals surface area contributed by atoms with E-state index in [9.17, 15) is 4.79 Å². The summed E-state index contributed by atoms with van der Waals surface area (Å²) < 4.78 is 12.9. The molecule has 0 saturated carbocycles. The first-order chi connectivity index (χ1) is 13.1. The van der Waals surface area contributed by atoms with Gasteiger partial charge in [0, 0.05) is 16.3 Å². The number of anilines is 1. The number of amides is 1. The second kappa shape index (κ2) is 7.48. The highest BCUT2D eigenvalue weighted by atomic mass is 32.2. The van der Waals surface area contributed by atoms with Crippen LogP contribution in [0.15, 0.2) is 41.6 Å². The van der Waals surface area contributed by atoms with Gasteiger partial charge < -0.3 is 14.8 Å². The Kier molecular flexibility index (Phi) is 4.89. The molecular weight excluding hydrogens is 364 g/mol. The van der Waals surface area contributed by atoms with Crippen molar-refractivity contribution in [3.05, 3.63) is 36.7 Å². The molecule has 27 heavy (non-hydrogen) atoms. The number of nitrogens with one attached hydrogen (secondary N) is 1. The molecule has 0 radical (unpaired) electrons. The molecule has 3 heterocycles. The van der Waals surface area contributed by atoms with E-state index in [0.29, 0.717) is 24.7 Å². The van der Waals surface area contributed by atoms with Gasteiger partial charge in [-0.2, -0.15) is 5.10 Å². The Morgan fingerprint density at radius 3 is 2.85 bits per heavy atom. The molecule has 1 aromatic carbocycles. The van der Waals surface area contributed by atoms with Crippen molar-refractivity contribution in [3.63, 3.8) is 0 Å². The van der Waals surface area contributed by atoms with Gasteiger partial charge in [0.05, 0.1) is 23.8 Å². The summed E-state index contributed by atoms with van der Waals surface area (Å²) >= 11 is 1.45. The predicted octanol–water partition coefficient (Wildman–Crippen LogP) is 3.51. The summed E-state index contributed by atoms with van der Waals surface area (Å²) in [6.07, 6.45) is 3.43. The highest BCUT2D eigenvalue weighted by Crippen LogP contribution is 2.34. The van der Waals surface area contributed by atoms with Crippen molar-refractivity contribution in [1.82, 2.24) is 14.8 Å². The molecule has 1 aliphatic rings. The van der Waals surface area contributed by atoms with Crippen LogP contribution in [0, 0.1) is 0 Å². The maximum absolute atomic E-state index is 12.3. The van der Waals surface area contributed by atoms with Gasteiger partial charge in [-0.25, -0.2) is 9.67 Å². The van der Waals surface area contributed by atoms with Crippen LogP contribution in [-0.2, 0) is 4.79 Å². The zero-order chi connectivity index (χ0) is 18.8. The Hall–Kier alpha value is -2.74. The van der Waals surface area contributed by atoms with Gasteiger partial charge in [-0.15, -0.1) is 11.8 Å². The summed E-state index contributed by atoms with van der Waals surface area (Å²) in [5.41, 5.74) is 1.48. The molecule has 0 aliphatic carbocycles. The molecule has 1 aliphatic heterocycles. The van der Waals surface area contributed by atoms with Crippen LogP contribution < -0.4 is 14.8 Å². The van der Waals surface area contributed by atoms with Crippen LogP contribution in [0.2, 0.25) is 0 Å². The predicted molar refractivity (Wildman–Crippen MR) is 105 cm³/mol. The smallest absolute Gasteiger partial charge is 0.234 e. The van der Waals surface area contributed by atoms with Gasteiger partial charge in [0.2, 0.25) is 5.91 Å². The van der Waals surface area contributed by atoms with E-state index in [-0.39, 0.29) is 11.9 Å². The third kappa shape index (κ3) is 3.85. The van der Waals surface area contributed by atoms with Gasteiger partial charge in [-0.3, -0.25) is 4.79 Å². The van der Waals surface area contributed by atoms with E-state index in [1.165, 1.54) is 11.8 Å². The molecule has 3 aromatic rings. The number of carbonyl (C=O) groups is 1. The number of pyridine rings is 1. The summed E-state index contributed by atoms with van der Waals surface area (Å²) in [6, 6.07) is 7.83. The molecule has 0 atom stereocenters. The van der Waals surface area contributed by atoms with Gasteiger partial charge >= 0.3 is 0 Å². The van der Waals surface area contributed by atoms with Crippen molar-refractivity contribution in [3.8, 4) is 11.5 Å². The number of benzene rings is 1. The fourth-order valence-corrected chi connectivity index (χ4v) is 3.57. The topological polar surface area (TPSA) is 78.3 Å². The Bertz CT molecular complexity index is 986. The molecule has 2 aromatic heterocycles. The maximum atomic E-state index is 12.3.